The van der Waals surface area contributed by atoms with Gasteiger partial charge in [-0.25, -0.2) is 4.79 Å². The summed E-state index contributed by atoms with van der Waals surface area (Å²) in [5, 5.41) is 29.4. The van der Waals surface area contributed by atoms with Crippen LogP contribution in [0.4, 0.5) is 4.79 Å². The maximum Gasteiger partial charge on any atom is 0.408 e. The third-order valence-electron chi connectivity index (χ3n) is 4.41. The summed E-state index contributed by atoms with van der Waals surface area (Å²) < 4.78 is 5.00. The zero-order chi connectivity index (χ0) is 28.0. The number of carboxylic acid groups (broad SMARTS) is 1. The topological polar surface area (TPSA) is 212 Å². The van der Waals surface area contributed by atoms with Crippen molar-refractivity contribution in [2.24, 2.45) is 0 Å². The van der Waals surface area contributed by atoms with Gasteiger partial charge in [-0.1, -0.05) is 30.3 Å². The van der Waals surface area contributed by atoms with Crippen molar-refractivity contribution < 1.29 is 43.7 Å². The van der Waals surface area contributed by atoms with Crippen molar-refractivity contribution in [3.63, 3.8) is 0 Å². The number of aliphatic hydroxyl groups excluding tert-OH is 1. The number of rotatable bonds is 13. The van der Waals surface area contributed by atoms with Crippen LogP contribution in [0.25, 0.3) is 0 Å². The Hall–Kier alpha value is -4.20. The van der Waals surface area contributed by atoms with Gasteiger partial charge in [-0.3, -0.25) is 24.0 Å². The lowest BCUT2D eigenvalue weighted by Crippen LogP contribution is -2.53. The Balaban J connectivity index is 2.56. The molecule has 1 aromatic carbocycles. The van der Waals surface area contributed by atoms with Crippen LogP contribution in [0.3, 0.4) is 0 Å². The number of amides is 5. The van der Waals surface area contributed by atoms with Crippen molar-refractivity contribution in [1.29, 1.82) is 0 Å². The molecule has 0 radical (unpaired) electrons. The number of alkyl carbamates (subject to hydrolysis) is 1. The number of carbonyl (C=O) groups is 6. The molecule has 14 nitrogen and oxygen atoms in total. The standard InChI is InChI=1S/C23H33N5O9/c1-23(2,3)37-22(36)28-16(13-29)21(35)25-10-17(30)24-11-18(31)27-15(20(34)26-12-19(32)33)9-14-7-5-4-6-8-14/h4-8,15-16,29H,9-13H2,1-3H3,(H,24,30)(H,25,35)(H,26,34)(H,27,31)(H,28,36)(H,32,33)/t15?,16-/m0/s1. The van der Waals surface area contributed by atoms with E-state index >= 15 is 0 Å². The highest BCUT2D eigenvalue weighted by molar-refractivity contribution is 5.93. The van der Waals surface area contributed by atoms with E-state index in [2.05, 4.69) is 26.6 Å². The molecule has 0 spiro atoms. The molecule has 2 atom stereocenters. The summed E-state index contributed by atoms with van der Waals surface area (Å²) in [6.07, 6.45) is -0.852. The molecule has 0 saturated carbocycles. The van der Waals surface area contributed by atoms with Crippen molar-refractivity contribution >= 4 is 35.7 Å². The number of nitrogens with one attached hydrogen (secondary N) is 5. The van der Waals surface area contributed by atoms with Crippen LogP contribution in [0.5, 0.6) is 0 Å². The Morgan fingerprint density at radius 1 is 0.811 bits per heavy atom. The minimum Gasteiger partial charge on any atom is -0.480 e. The fraction of sp³-hybridized carbons (Fsp3) is 0.478. The second-order valence-electron chi connectivity index (χ2n) is 8.80. The first kappa shape index (κ1) is 30.8. The summed E-state index contributed by atoms with van der Waals surface area (Å²) in [5.41, 5.74) is -0.110. The van der Waals surface area contributed by atoms with E-state index in [0.29, 0.717) is 5.56 Å². The summed E-state index contributed by atoms with van der Waals surface area (Å²) in [4.78, 5) is 71.4. The van der Waals surface area contributed by atoms with Crippen molar-refractivity contribution in [3.8, 4) is 0 Å². The molecule has 0 aliphatic heterocycles. The first-order chi connectivity index (χ1) is 17.3. The Morgan fingerprint density at radius 3 is 1.95 bits per heavy atom. The molecule has 14 heteroatoms. The van der Waals surface area contributed by atoms with Gasteiger partial charge in [-0.2, -0.15) is 0 Å². The maximum absolute atomic E-state index is 12.4. The van der Waals surface area contributed by atoms with Crippen LogP contribution < -0.4 is 26.6 Å². The molecule has 0 heterocycles. The molecule has 0 aromatic heterocycles. The van der Waals surface area contributed by atoms with E-state index in [-0.39, 0.29) is 6.42 Å². The monoisotopic (exact) mass is 523 g/mol. The summed E-state index contributed by atoms with van der Waals surface area (Å²) in [7, 11) is 0. The highest BCUT2D eigenvalue weighted by Crippen LogP contribution is 2.07. The fourth-order valence-corrected chi connectivity index (χ4v) is 2.77. The van der Waals surface area contributed by atoms with Gasteiger partial charge in [-0.15, -0.1) is 0 Å². The largest absolute Gasteiger partial charge is 0.480 e. The molecule has 1 unspecified atom stereocenters. The average molecular weight is 524 g/mol. The van der Waals surface area contributed by atoms with Crippen LogP contribution in [0.1, 0.15) is 26.3 Å². The minimum absolute atomic E-state index is 0.0786. The molecule has 1 aromatic rings. The number of hydrogen-bond donors (Lipinski definition) is 7. The van der Waals surface area contributed by atoms with Crippen LogP contribution in [0.15, 0.2) is 30.3 Å². The predicted molar refractivity (Wildman–Crippen MR) is 129 cm³/mol. The Morgan fingerprint density at radius 2 is 1.38 bits per heavy atom. The van der Waals surface area contributed by atoms with Gasteiger partial charge >= 0.3 is 12.1 Å². The van der Waals surface area contributed by atoms with E-state index in [1.807, 2.05) is 0 Å². The normalized spacial score (nSPS) is 12.3. The van der Waals surface area contributed by atoms with Crippen LogP contribution in [-0.4, -0.2) is 89.8 Å². The lowest BCUT2D eigenvalue weighted by atomic mass is 10.1. The number of benzene rings is 1. The predicted octanol–water partition coefficient (Wildman–Crippen LogP) is -1.97. The highest BCUT2D eigenvalue weighted by atomic mass is 16.6. The van der Waals surface area contributed by atoms with Gasteiger partial charge in [0, 0.05) is 6.42 Å². The molecule has 0 fully saturated rings. The quantitative estimate of drug-likeness (QED) is 0.153. The second-order valence-corrected chi connectivity index (χ2v) is 8.80. The SMILES string of the molecule is CC(C)(C)OC(=O)N[C@@H](CO)C(=O)NCC(=O)NCC(=O)NC(Cc1ccccc1)C(=O)NCC(=O)O. The lowest BCUT2D eigenvalue weighted by molar-refractivity contribution is -0.138. The van der Waals surface area contributed by atoms with Crippen LogP contribution in [0, 0.1) is 0 Å². The summed E-state index contributed by atoms with van der Waals surface area (Å²) in [6, 6.07) is 6.23. The van der Waals surface area contributed by atoms with E-state index in [0.717, 1.165) is 0 Å². The average Bonchev–Trinajstić information content (AvgIpc) is 2.82. The maximum atomic E-state index is 12.4. The molecule has 5 amide bonds. The molecule has 0 saturated heterocycles. The van der Waals surface area contributed by atoms with E-state index in [1.54, 1.807) is 51.1 Å². The molecule has 0 aliphatic rings. The third kappa shape index (κ3) is 13.5. The van der Waals surface area contributed by atoms with Gasteiger partial charge < -0.3 is 41.5 Å². The number of aliphatic hydroxyl groups is 1. The van der Waals surface area contributed by atoms with E-state index in [4.69, 9.17) is 9.84 Å². The zero-order valence-corrected chi connectivity index (χ0v) is 20.8. The first-order valence-corrected chi connectivity index (χ1v) is 11.3. The zero-order valence-electron chi connectivity index (χ0n) is 20.8. The fourth-order valence-electron chi connectivity index (χ4n) is 2.77. The molecule has 37 heavy (non-hydrogen) atoms. The number of hydrogen-bond acceptors (Lipinski definition) is 8. The van der Waals surface area contributed by atoms with Crippen LogP contribution in [0.2, 0.25) is 0 Å². The van der Waals surface area contributed by atoms with Crippen molar-refractivity contribution in [3.05, 3.63) is 35.9 Å². The molecule has 1 rings (SSSR count). The lowest BCUT2D eigenvalue weighted by Gasteiger charge is -2.22. The number of ether oxygens (including phenoxy) is 1. The minimum atomic E-state index is -1.37. The van der Waals surface area contributed by atoms with Crippen LogP contribution >= 0.6 is 0 Å². The summed E-state index contributed by atoms with van der Waals surface area (Å²) >= 11 is 0. The van der Waals surface area contributed by atoms with E-state index < -0.39 is 79.6 Å². The van der Waals surface area contributed by atoms with Gasteiger partial charge in [0.2, 0.25) is 23.6 Å². The molecule has 0 aliphatic carbocycles. The van der Waals surface area contributed by atoms with E-state index in [9.17, 15) is 33.9 Å². The van der Waals surface area contributed by atoms with Crippen molar-refractivity contribution in [2.45, 2.75) is 44.9 Å². The van der Waals surface area contributed by atoms with Gasteiger partial charge in [0.05, 0.1) is 19.7 Å². The van der Waals surface area contributed by atoms with Gasteiger partial charge in [0.15, 0.2) is 0 Å². The molecular weight excluding hydrogens is 490 g/mol. The third-order valence-corrected chi connectivity index (χ3v) is 4.41. The number of aliphatic carboxylic acids is 1. The highest BCUT2D eigenvalue weighted by Gasteiger charge is 2.25. The van der Waals surface area contributed by atoms with Gasteiger partial charge in [0.1, 0.15) is 24.2 Å². The number of carbonyl (C=O) groups excluding carboxylic acids is 5. The Bertz CT molecular complexity index is 963. The molecular formula is C23H33N5O9. The molecule has 0 bridgehead atoms. The summed E-state index contributed by atoms with van der Waals surface area (Å²) in [5.74, 6) is -4.31. The molecule has 7 N–H and O–H groups in total. The van der Waals surface area contributed by atoms with Crippen molar-refractivity contribution in [1.82, 2.24) is 26.6 Å². The Labute approximate surface area is 213 Å². The summed E-state index contributed by atoms with van der Waals surface area (Å²) in [6.45, 7) is 2.38. The number of carboxylic acids is 1. The first-order valence-electron chi connectivity index (χ1n) is 11.3. The van der Waals surface area contributed by atoms with E-state index in [1.165, 1.54) is 0 Å². The van der Waals surface area contributed by atoms with Gasteiger partial charge in [-0.05, 0) is 26.3 Å². The van der Waals surface area contributed by atoms with Crippen molar-refractivity contribution in [2.75, 3.05) is 26.2 Å². The second kappa shape index (κ2) is 15.0. The molecule has 204 valence electrons. The van der Waals surface area contributed by atoms with Crippen LogP contribution in [-0.2, 0) is 35.1 Å². The van der Waals surface area contributed by atoms with Gasteiger partial charge in [0.25, 0.3) is 0 Å². The Kier molecular flexibility index (Phi) is 12.5. The smallest absolute Gasteiger partial charge is 0.408 e.